The van der Waals surface area contributed by atoms with Gasteiger partial charge in [-0.25, -0.2) is 0 Å². The summed E-state index contributed by atoms with van der Waals surface area (Å²) < 4.78 is 32.9. The monoisotopic (exact) mass is 604 g/mol. The summed E-state index contributed by atoms with van der Waals surface area (Å²) in [6.07, 6.45) is -5.17. The van der Waals surface area contributed by atoms with Crippen LogP contribution in [0.3, 0.4) is 0 Å². The topological polar surface area (TPSA) is 124 Å². The molecule has 10 nitrogen and oxygen atoms in total. The van der Waals surface area contributed by atoms with Crippen LogP contribution < -0.4 is 4.74 Å². The van der Waals surface area contributed by atoms with Crippen LogP contribution in [0.4, 0.5) is 0 Å². The quantitative estimate of drug-likeness (QED) is 0.137. The molecule has 0 aliphatic rings. The molecule has 2 heterocycles. The summed E-state index contributed by atoms with van der Waals surface area (Å²) >= 11 is 3.35. The first-order valence-corrected chi connectivity index (χ1v) is 14.4. The van der Waals surface area contributed by atoms with Gasteiger partial charge in [0.05, 0.1) is 6.61 Å². The molecule has 0 radical (unpaired) electrons. The van der Waals surface area contributed by atoms with Crippen LogP contribution in [-0.2, 0) is 42.9 Å². The predicted molar refractivity (Wildman–Crippen MR) is 152 cm³/mol. The van der Waals surface area contributed by atoms with Gasteiger partial charge in [-0.2, -0.15) is 0 Å². The van der Waals surface area contributed by atoms with E-state index < -0.39 is 48.5 Å². The second-order valence-electron chi connectivity index (χ2n) is 8.81. The summed E-state index contributed by atoms with van der Waals surface area (Å²) in [6.45, 7) is 4.59. The molecule has 0 N–H and O–H groups in total. The second-order valence-corrected chi connectivity index (χ2v) is 10.8. The van der Waals surface area contributed by atoms with Crippen LogP contribution >= 0.6 is 22.7 Å². The van der Waals surface area contributed by atoms with Gasteiger partial charge in [-0.3, -0.25) is 19.2 Å². The number of carbonyl (C=O) groups is 4. The Morgan fingerprint density at radius 3 is 1.93 bits per heavy atom. The lowest BCUT2D eigenvalue weighted by molar-refractivity contribution is -0.217. The molecule has 41 heavy (non-hydrogen) atoms. The Labute approximate surface area is 246 Å². The van der Waals surface area contributed by atoms with Crippen molar-refractivity contribution in [2.24, 2.45) is 0 Å². The van der Waals surface area contributed by atoms with Gasteiger partial charge in [0.1, 0.15) is 11.9 Å². The van der Waals surface area contributed by atoms with Crippen molar-refractivity contribution >= 4 is 46.6 Å². The van der Waals surface area contributed by atoms with E-state index in [1.807, 2.05) is 23.6 Å². The zero-order valence-corrected chi connectivity index (χ0v) is 25.0. The highest BCUT2D eigenvalue weighted by atomic mass is 32.1. The summed E-state index contributed by atoms with van der Waals surface area (Å²) in [5, 5.41) is 2.04. The van der Waals surface area contributed by atoms with E-state index in [0.717, 1.165) is 17.4 Å². The normalized spacial score (nSPS) is 13.8. The Bertz CT molecular complexity index is 1300. The third kappa shape index (κ3) is 9.69. The number of benzene rings is 1. The van der Waals surface area contributed by atoms with E-state index in [2.05, 4.69) is 18.2 Å². The van der Waals surface area contributed by atoms with Gasteiger partial charge in [-0.05, 0) is 53.4 Å². The highest BCUT2D eigenvalue weighted by Gasteiger charge is 2.43. The van der Waals surface area contributed by atoms with Crippen molar-refractivity contribution < 1.29 is 47.6 Å². The Morgan fingerprint density at radius 1 is 0.732 bits per heavy atom. The maximum atomic E-state index is 12.1. The summed E-state index contributed by atoms with van der Waals surface area (Å²) in [5.74, 6) is -2.28. The van der Waals surface area contributed by atoms with Gasteiger partial charge in [0.2, 0.25) is 12.4 Å². The third-order valence-electron chi connectivity index (χ3n) is 5.58. The number of ether oxygens (including phenoxy) is 6. The molecule has 3 aromatic rings. The minimum absolute atomic E-state index is 0.0473. The summed E-state index contributed by atoms with van der Waals surface area (Å²) in [5.41, 5.74) is 0.980. The van der Waals surface area contributed by atoms with Gasteiger partial charge in [0.15, 0.2) is 6.10 Å². The van der Waals surface area contributed by atoms with Crippen molar-refractivity contribution in [3.63, 3.8) is 0 Å². The molecule has 2 aromatic heterocycles. The number of hydrogen-bond acceptors (Lipinski definition) is 12. The number of hydrogen-bond donors (Lipinski definition) is 0. The molecule has 0 saturated carbocycles. The van der Waals surface area contributed by atoms with E-state index in [4.69, 9.17) is 28.4 Å². The van der Waals surface area contributed by atoms with Gasteiger partial charge in [-0.1, -0.05) is 6.07 Å². The first kappa shape index (κ1) is 31.8. The average Bonchev–Trinajstić information content (AvgIpc) is 3.61. The van der Waals surface area contributed by atoms with Gasteiger partial charge < -0.3 is 28.4 Å². The van der Waals surface area contributed by atoms with Gasteiger partial charge in [0, 0.05) is 55.9 Å². The first-order valence-electron chi connectivity index (χ1n) is 12.7. The van der Waals surface area contributed by atoms with Crippen LogP contribution in [0, 0.1) is 0 Å². The Hall–Kier alpha value is -3.74. The fourth-order valence-corrected chi connectivity index (χ4v) is 5.81. The summed E-state index contributed by atoms with van der Waals surface area (Å²) in [6, 6.07) is 15.5. The molecule has 0 saturated heterocycles. The van der Waals surface area contributed by atoms with E-state index in [9.17, 15) is 19.2 Å². The van der Waals surface area contributed by atoms with Gasteiger partial charge >= 0.3 is 23.9 Å². The molecule has 0 amide bonds. The summed E-state index contributed by atoms with van der Waals surface area (Å²) in [4.78, 5) is 50.8. The number of rotatable bonds is 14. The van der Waals surface area contributed by atoms with Crippen LogP contribution in [0.25, 0.3) is 20.2 Å². The molecule has 0 spiro atoms. The first-order chi connectivity index (χ1) is 19.6. The molecule has 1 unspecified atom stereocenters. The van der Waals surface area contributed by atoms with Crippen molar-refractivity contribution in [1.29, 1.82) is 0 Å². The number of methoxy groups -OCH3 is 1. The van der Waals surface area contributed by atoms with E-state index in [0.29, 0.717) is 5.75 Å². The molecule has 1 aromatic carbocycles. The predicted octanol–water partition coefficient (Wildman–Crippen LogP) is 5.24. The molecule has 0 aliphatic heterocycles. The molecular weight excluding hydrogens is 572 g/mol. The van der Waals surface area contributed by atoms with Gasteiger partial charge in [-0.15, -0.1) is 22.7 Å². The largest absolute Gasteiger partial charge is 0.466 e. The maximum absolute atomic E-state index is 12.1. The smallest absolute Gasteiger partial charge is 0.303 e. The zero-order valence-electron chi connectivity index (χ0n) is 23.3. The molecule has 3 rings (SSSR count). The Morgan fingerprint density at radius 2 is 1.37 bits per heavy atom. The molecule has 220 valence electrons. The maximum Gasteiger partial charge on any atom is 0.303 e. The van der Waals surface area contributed by atoms with Crippen molar-refractivity contribution in [2.75, 3.05) is 13.7 Å². The van der Waals surface area contributed by atoms with Crippen molar-refractivity contribution in [1.82, 2.24) is 0 Å². The molecule has 12 heteroatoms. The molecule has 4 atom stereocenters. The number of carbonyl (C=O) groups excluding carboxylic acids is 4. The minimum atomic E-state index is -1.35. The van der Waals surface area contributed by atoms with E-state index in [1.54, 1.807) is 34.8 Å². The Balaban J connectivity index is 1.85. The van der Waals surface area contributed by atoms with Crippen LogP contribution in [0.5, 0.6) is 5.75 Å². The lowest BCUT2D eigenvalue weighted by atomic mass is 10.0. The van der Waals surface area contributed by atoms with Crippen molar-refractivity contribution in [2.45, 2.75) is 58.7 Å². The van der Waals surface area contributed by atoms with Crippen LogP contribution in [0.15, 0.2) is 53.9 Å². The highest BCUT2D eigenvalue weighted by Crippen LogP contribution is 2.37. The highest BCUT2D eigenvalue weighted by molar-refractivity contribution is 7.23. The van der Waals surface area contributed by atoms with E-state index in [1.165, 1.54) is 37.6 Å². The lowest BCUT2D eigenvalue weighted by Gasteiger charge is -2.35. The molecule has 0 fully saturated rings. The second kappa shape index (κ2) is 15.3. The standard InChI is InChI=1S/C29H32O10S2/c1-17(30)35-15-14-23(36-18(2)31)27(37-19(3)32)28(38-20(4)33)29(34-5)39-22-10-8-21(9-11-22)24-12-13-26(41-24)25-7-6-16-40-25/h6-13,16,23,27-29H,14-15H2,1-5H3/t23-,27?,28-,29+/m1/s1. The van der Waals surface area contributed by atoms with Crippen LogP contribution in [-0.4, -0.2) is 62.2 Å². The van der Waals surface area contributed by atoms with Gasteiger partial charge in [0.25, 0.3) is 0 Å². The molecule has 0 bridgehead atoms. The number of thiophene rings is 2. The Kier molecular flexibility index (Phi) is 11.9. The molecular formula is C29H32O10S2. The zero-order chi connectivity index (χ0) is 29.9. The fourth-order valence-electron chi connectivity index (χ4n) is 3.96. The van der Waals surface area contributed by atoms with E-state index in [-0.39, 0.29) is 13.0 Å². The van der Waals surface area contributed by atoms with Crippen LogP contribution in [0.2, 0.25) is 0 Å². The number of esters is 4. The average molecular weight is 605 g/mol. The summed E-state index contributed by atoms with van der Waals surface area (Å²) in [7, 11) is 1.33. The van der Waals surface area contributed by atoms with E-state index >= 15 is 0 Å². The fraction of sp³-hybridized carbons (Fsp3) is 0.379. The molecule has 0 aliphatic carbocycles. The lowest BCUT2D eigenvalue weighted by Crippen LogP contribution is -2.53. The SMILES string of the molecule is CO[C@@H](Oc1ccc(-c2ccc(-c3cccs3)s2)cc1)[C@H](OC(C)=O)C(OC(C)=O)[C@@H](CCOC(C)=O)OC(C)=O. The minimum Gasteiger partial charge on any atom is -0.466 e. The van der Waals surface area contributed by atoms with Crippen LogP contribution in [0.1, 0.15) is 34.1 Å². The van der Waals surface area contributed by atoms with Crippen molar-refractivity contribution in [3.8, 4) is 25.9 Å². The van der Waals surface area contributed by atoms with Crippen molar-refractivity contribution in [3.05, 3.63) is 53.9 Å². The third-order valence-corrected chi connectivity index (χ3v) is 7.78.